The summed E-state index contributed by atoms with van der Waals surface area (Å²) in [4.78, 5) is 27.8. The maximum absolute atomic E-state index is 12.8. The maximum Gasteiger partial charge on any atom is 0.364 e. The molecule has 0 radical (unpaired) electrons. The zero-order chi connectivity index (χ0) is 22.3. The van der Waals surface area contributed by atoms with Crippen molar-refractivity contribution in [3.05, 3.63) is 101 Å². The van der Waals surface area contributed by atoms with Crippen LogP contribution in [0.5, 0.6) is 5.75 Å². The molecular formula is C25H21N3O4. The fourth-order valence-corrected chi connectivity index (χ4v) is 3.32. The highest BCUT2D eigenvalue weighted by Gasteiger charge is 2.14. The largest absolute Gasteiger partial charge is 0.482 e. The Morgan fingerprint density at radius 3 is 2.19 bits per heavy atom. The molecule has 1 N–H and O–H groups in total. The first kappa shape index (κ1) is 21.0. The Morgan fingerprint density at radius 1 is 0.875 bits per heavy atom. The zero-order valence-electron chi connectivity index (χ0n) is 17.2. The van der Waals surface area contributed by atoms with Crippen molar-refractivity contribution in [1.29, 1.82) is 0 Å². The summed E-state index contributed by atoms with van der Waals surface area (Å²) in [6.45, 7) is -0.0844. The predicted molar refractivity (Wildman–Crippen MR) is 120 cm³/mol. The minimum absolute atomic E-state index is 0.323. The summed E-state index contributed by atoms with van der Waals surface area (Å²) in [5.74, 6) is -0.572. The molecule has 0 spiro atoms. The van der Waals surface area contributed by atoms with Crippen LogP contribution >= 0.6 is 0 Å². The summed E-state index contributed by atoms with van der Waals surface area (Å²) in [6, 6.07) is 26.3. The van der Waals surface area contributed by atoms with Crippen molar-refractivity contribution in [2.24, 2.45) is 0 Å². The van der Waals surface area contributed by atoms with Gasteiger partial charge in [-0.25, -0.2) is 14.3 Å². The van der Waals surface area contributed by atoms with E-state index in [2.05, 4.69) is 10.1 Å². The van der Waals surface area contributed by atoms with E-state index in [9.17, 15) is 9.59 Å². The summed E-state index contributed by atoms with van der Waals surface area (Å²) in [5.41, 5.74) is 3.34. The van der Waals surface area contributed by atoms with E-state index in [-0.39, 0.29) is 0 Å². The van der Waals surface area contributed by atoms with Gasteiger partial charge in [0.25, 0.3) is 0 Å². The van der Waals surface area contributed by atoms with E-state index < -0.39 is 18.3 Å². The first-order chi connectivity index (χ1) is 15.6. The van der Waals surface area contributed by atoms with Crippen molar-refractivity contribution in [1.82, 2.24) is 14.8 Å². The van der Waals surface area contributed by atoms with Gasteiger partial charge in [0.15, 0.2) is 6.61 Å². The van der Waals surface area contributed by atoms with Gasteiger partial charge in [-0.1, -0.05) is 72.8 Å². The number of carboxylic acid groups (broad SMARTS) is 1. The Balaban J connectivity index is 1.63. The second kappa shape index (κ2) is 9.70. The van der Waals surface area contributed by atoms with Crippen LogP contribution in [0, 0.1) is 0 Å². The van der Waals surface area contributed by atoms with Gasteiger partial charge in [0.2, 0.25) is 0 Å². The number of aryl methyl sites for hydroxylation is 2. The van der Waals surface area contributed by atoms with Crippen LogP contribution in [0.25, 0.3) is 22.5 Å². The van der Waals surface area contributed by atoms with Crippen LogP contribution in [0.15, 0.2) is 89.7 Å². The lowest BCUT2D eigenvalue weighted by atomic mass is 10.0. The van der Waals surface area contributed by atoms with Gasteiger partial charge in [0, 0.05) is 11.1 Å². The highest BCUT2D eigenvalue weighted by Crippen LogP contribution is 2.27. The number of hydrogen-bond acceptors (Lipinski definition) is 5. The molecule has 0 bridgehead atoms. The third kappa shape index (κ3) is 5.07. The standard InChI is InChI=1S/C25H21N3O4/c29-22(30)17-32-21-13-7-8-18(16-21)14-15-28-25(31)26-23(19-9-3-1-4-10-19)24(27-28)20-11-5-2-6-12-20/h1-13,16H,14-15,17H2,(H,29,30). The quantitative estimate of drug-likeness (QED) is 0.461. The van der Waals surface area contributed by atoms with Gasteiger partial charge < -0.3 is 9.84 Å². The minimum atomic E-state index is -1.04. The summed E-state index contributed by atoms with van der Waals surface area (Å²) in [5, 5.41) is 13.4. The lowest BCUT2D eigenvalue weighted by molar-refractivity contribution is -0.139. The number of ether oxygens (including phenoxy) is 1. The van der Waals surface area contributed by atoms with Gasteiger partial charge in [-0.15, -0.1) is 0 Å². The van der Waals surface area contributed by atoms with Gasteiger partial charge in [0.1, 0.15) is 17.1 Å². The predicted octanol–water partition coefficient (Wildman–Crippen LogP) is 3.68. The fourth-order valence-electron chi connectivity index (χ4n) is 3.32. The molecule has 3 aromatic carbocycles. The van der Waals surface area contributed by atoms with Crippen molar-refractivity contribution in [2.45, 2.75) is 13.0 Å². The molecule has 1 heterocycles. The third-order valence-electron chi connectivity index (χ3n) is 4.84. The van der Waals surface area contributed by atoms with Crippen LogP contribution < -0.4 is 10.4 Å². The Kier molecular flexibility index (Phi) is 6.36. The van der Waals surface area contributed by atoms with Crippen molar-refractivity contribution in [3.63, 3.8) is 0 Å². The molecule has 0 aliphatic carbocycles. The Hall–Kier alpha value is -4.26. The van der Waals surface area contributed by atoms with Crippen LogP contribution in [-0.4, -0.2) is 32.4 Å². The number of carboxylic acids is 1. The van der Waals surface area contributed by atoms with Crippen molar-refractivity contribution in [2.75, 3.05) is 6.61 Å². The average molecular weight is 427 g/mol. The molecule has 4 rings (SSSR count). The molecule has 160 valence electrons. The first-order valence-corrected chi connectivity index (χ1v) is 10.1. The van der Waals surface area contributed by atoms with E-state index in [0.717, 1.165) is 16.7 Å². The molecule has 0 atom stereocenters. The normalized spacial score (nSPS) is 10.6. The second-order valence-electron chi connectivity index (χ2n) is 7.13. The number of rotatable bonds is 8. The van der Waals surface area contributed by atoms with Crippen LogP contribution in [0.4, 0.5) is 0 Å². The molecule has 0 unspecified atom stereocenters. The smallest absolute Gasteiger partial charge is 0.364 e. The summed E-state index contributed by atoms with van der Waals surface area (Å²) >= 11 is 0. The highest BCUT2D eigenvalue weighted by molar-refractivity contribution is 5.77. The van der Waals surface area contributed by atoms with Crippen LogP contribution in [0.3, 0.4) is 0 Å². The van der Waals surface area contributed by atoms with E-state index in [0.29, 0.717) is 30.1 Å². The number of hydrogen-bond donors (Lipinski definition) is 1. The monoisotopic (exact) mass is 427 g/mol. The molecule has 0 saturated carbocycles. The van der Waals surface area contributed by atoms with E-state index in [1.165, 1.54) is 4.68 Å². The van der Waals surface area contributed by atoms with E-state index in [1.807, 2.05) is 66.7 Å². The van der Waals surface area contributed by atoms with E-state index in [4.69, 9.17) is 9.84 Å². The van der Waals surface area contributed by atoms with Gasteiger partial charge in [-0.3, -0.25) is 0 Å². The number of nitrogens with zero attached hydrogens (tertiary/aromatic N) is 3. The fraction of sp³-hybridized carbons (Fsp3) is 0.120. The summed E-state index contributed by atoms with van der Waals surface area (Å²) < 4.78 is 6.59. The second-order valence-corrected chi connectivity index (χ2v) is 7.13. The Bertz CT molecular complexity index is 1270. The molecule has 32 heavy (non-hydrogen) atoms. The number of benzene rings is 3. The topological polar surface area (TPSA) is 94.3 Å². The lowest BCUT2D eigenvalue weighted by Gasteiger charge is -2.12. The molecule has 1 aromatic heterocycles. The molecule has 0 fully saturated rings. The van der Waals surface area contributed by atoms with Crippen molar-refractivity contribution in [3.8, 4) is 28.3 Å². The number of carbonyl (C=O) groups is 1. The molecule has 4 aromatic rings. The SMILES string of the molecule is O=C(O)COc1cccc(CCn2nc(-c3ccccc3)c(-c3ccccc3)nc2=O)c1. The van der Waals surface area contributed by atoms with Crippen molar-refractivity contribution >= 4 is 5.97 Å². The van der Waals surface area contributed by atoms with Crippen LogP contribution in [0.2, 0.25) is 0 Å². The van der Waals surface area contributed by atoms with Gasteiger partial charge in [-0.2, -0.15) is 10.1 Å². The summed E-state index contributed by atoms with van der Waals surface area (Å²) in [7, 11) is 0. The first-order valence-electron chi connectivity index (χ1n) is 10.1. The minimum Gasteiger partial charge on any atom is -0.482 e. The average Bonchev–Trinajstić information content (AvgIpc) is 2.83. The molecule has 0 saturated heterocycles. The molecule has 7 nitrogen and oxygen atoms in total. The number of aliphatic carboxylic acids is 1. The Labute approximate surface area is 184 Å². The molecular weight excluding hydrogens is 406 g/mol. The maximum atomic E-state index is 12.8. The van der Waals surface area contributed by atoms with Gasteiger partial charge >= 0.3 is 11.7 Å². The van der Waals surface area contributed by atoms with E-state index in [1.54, 1.807) is 18.2 Å². The van der Waals surface area contributed by atoms with Gasteiger partial charge in [-0.05, 0) is 24.1 Å². The van der Waals surface area contributed by atoms with Crippen LogP contribution in [0.1, 0.15) is 5.56 Å². The molecule has 0 aliphatic rings. The molecule has 0 amide bonds. The lowest BCUT2D eigenvalue weighted by Crippen LogP contribution is -2.27. The molecule has 0 aliphatic heterocycles. The number of aromatic nitrogens is 3. The third-order valence-corrected chi connectivity index (χ3v) is 4.84. The zero-order valence-corrected chi connectivity index (χ0v) is 17.2. The van der Waals surface area contributed by atoms with Crippen molar-refractivity contribution < 1.29 is 14.6 Å². The Morgan fingerprint density at radius 2 is 1.53 bits per heavy atom. The van der Waals surface area contributed by atoms with Gasteiger partial charge in [0.05, 0.1) is 6.54 Å². The summed E-state index contributed by atoms with van der Waals surface area (Å²) in [6.07, 6.45) is 0.512. The van der Waals surface area contributed by atoms with E-state index >= 15 is 0 Å². The molecule has 7 heteroatoms. The van der Waals surface area contributed by atoms with Crippen LogP contribution in [-0.2, 0) is 17.8 Å². The highest BCUT2D eigenvalue weighted by atomic mass is 16.5.